The molecule has 1 spiro atoms. The van der Waals surface area contributed by atoms with Gasteiger partial charge in [0.1, 0.15) is 23.2 Å². The molecule has 1 N–H and O–H groups in total. The van der Waals surface area contributed by atoms with E-state index in [1.807, 2.05) is 0 Å². The van der Waals surface area contributed by atoms with Gasteiger partial charge < -0.3 is 24.3 Å². The summed E-state index contributed by atoms with van der Waals surface area (Å²) >= 11 is 6.78. The van der Waals surface area contributed by atoms with Crippen LogP contribution in [0.3, 0.4) is 0 Å². The van der Waals surface area contributed by atoms with E-state index in [1.165, 1.54) is 10.8 Å². The summed E-state index contributed by atoms with van der Waals surface area (Å²) in [5.41, 5.74) is -1.64. The van der Waals surface area contributed by atoms with Gasteiger partial charge in [-0.25, -0.2) is 18.4 Å². The molecule has 2 heterocycles. The number of anilines is 1. The first-order chi connectivity index (χ1) is 17.3. The van der Waals surface area contributed by atoms with Gasteiger partial charge in [0.05, 0.1) is 40.3 Å². The number of benzene rings is 1. The predicted molar refractivity (Wildman–Crippen MR) is 135 cm³/mol. The number of amides is 1. The van der Waals surface area contributed by atoms with Crippen LogP contribution in [0.15, 0.2) is 17.1 Å². The molecule has 1 aromatic carbocycles. The summed E-state index contributed by atoms with van der Waals surface area (Å²) in [6.45, 7) is 7.73. The molecule has 0 radical (unpaired) electrons. The highest BCUT2D eigenvalue weighted by molar-refractivity contribution is 6.38. The van der Waals surface area contributed by atoms with Gasteiger partial charge >= 0.3 is 12.1 Å². The van der Waals surface area contributed by atoms with Crippen LogP contribution in [0.25, 0.3) is 10.9 Å². The molecule has 8 nitrogen and oxygen atoms in total. The normalized spacial score (nSPS) is 23.9. The number of pyridine rings is 1. The van der Waals surface area contributed by atoms with Crippen LogP contribution in [0.2, 0.25) is 5.02 Å². The van der Waals surface area contributed by atoms with E-state index < -0.39 is 41.1 Å². The van der Waals surface area contributed by atoms with E-state index in [-0.39, 0.29) is 51.7 Å². The van der Waals surface area contributed by atoms with Crippen LogP contribution in [0.5, 0.6) is 0 Å². The summed E-state index contributed by atoms with van der Waals surface area (Å²) in [5, 5.41) is 2.78. The number of hydrogen-bond donors (Lipinski definition) is 1. The summed E-state index contributed by atoms with van der Waals surface area (Å²) in [5.74, 6) is -1.59. The van der Waals surface area contributed by atoms with Gasteiger partial charge in [-0.05, 0) is 46.6 Å². The fourth-order valence-corrected chi connectivity index (χ4v) is 5.64. The van der Waals surface area contributed by atoms with E-state index >= 15 is 4.39 Å². The zero-order valence-electron chi connectivity index (χ0n) is 21.2. The topological polar surface area (TPSA) is 89.9 Å². The van der Waals surface area contributed by atoms with Crippen molar-refractivity contribution in [2.24, 2.45) is 5.41 Å². The molecule has 200 valence electrons. The second-order valence-corrected chi connectivity index (χ2v) is 11.6. The van der Waals surface area contributed by atoms with Crippen molar-refractivity contribution in [1.82, 2.24) is 9.88 Å². The van der Waals surface area contributed by atoms with E-state index in [0.29, 0.717) is 13.1 Å². The average Bonchev–Trinajstić information content (AvgIpc) is 3.68. The molecule has 1 aliphatic heterocycles. The van der Waals surface area contributed by atoms with Gasteiger partial charge in [0.25, 0.3) is 0 Å². The van der Waals surface area contributed by atoms with Gasteiger partial charge in [-0.15, -0.1) is 0 Å². The lowest BCUT2D eigenvalue weighted by Gasteiger charge is -2.24. The Bertz CT molecular complexity index is 1350. The third kappa shape index (κ3) is 4.64. The van der Waals surface area contributed by atoms with Crippen molar-refractivity contribution in [2.75, 3.05) is 24.6 Å². The van der Waals surface area contributed by atoms with Crippen molar-refractivity contribution >= 4 is 40.3 Å². The number of nitrogens with one attached hydrogen (secondary N) is 1. The Balaban J connectivity index is 1.55. The molecule has 1 aromatic heterocycles. The van der Waals surface area contributed by atoms with E-state index in [1.54, 1.807) is 32.6 Å². The Morgan fingerprint density at radius 2 is 1.97 bits per heavy atom. The Morgan fingerprint density at radius 1 is 1.30 bits per heavy atom. The summed E-state index contributed by atoms with van der Waals surface area (Å²) < 4.78 is 41.7. The van der Waals surface area contributed by atoms with Gasteiger partial charge in [-0.2, -0.15) is 0 Å². The van der Waals surface area contributed by atoms with Crippen molar-refractivity contribution in [3.8, 4) is 0 Å². The fraction of sp³-hybridized carbons (Fsp3) is 0.577. The van der Waals surface area contributed by atoms with Crippen LogP contribution in [-0.4, -0.2) is 54.1 Å². The first-order valence-electron chi connectivity index (χ1n) is 12.5. The highest BCUT2D eigenvalue weighted by Crippen LogP contribution is 2.55. The Hall–Kier alpha value is -2.88. The number of ether oxygens (including phenoxy) is 2. The van der Waals surface area contributed by atoms with Crippen LogP contribution in [0, 0.1) is 11.2 Å². The summed E-state index contributed by atoms with van der Waals surface area (Å²) in [6, 6.07) is 0.157. The third-order valence-electron chi connectivity index (χ3n) is 7.26. The maximum absolute atomic E-state index is 15.6. The highest BCUT2D eigenvalue weighted by Gasteiger charge is 2.56. The molecule has 5 rings (SSSR count). The minimum absolute atomic E-state index is 0.0321. The lowest BCUT2D eigenvalue weighted by atomic mass is 10.0. The van der Waals surface area contributed by atoms with E-state index in [2.05, 4.69) is 5.32 Å². The molecule has 2 aromatic rings. The van der Waals surface area contributed by atoms with Crippen molar-refractivity contribution in [1.29, 1.82) is 0 Å². The number of aromatic nitrogens is 1. The number of esters is 1. The van der Waals surface area contributed by atoms with Crippen molar-refractivity contribution in [2.45, 2.75) is 70.8 Å². The minimum atomic E-state index is -1.17. The first kappa shape index (κ1) is 25.8. The molecule has 1 saturated heterocycles. The molecule has 37 heavy (non-hydrogen) atoms. The molecule has 3 fully saturated rings. The van der Waals surface area contributed by atoms with E-state index in [4.69, 9.17) is 21.1 Å². The molecule has 0 bridgehead atoms. The summed E-state index contributed by atoms with van der Waals surface area (Å²) in [7, 11) is 0. The minimum Gasteiger partial charge on any atom is -0.462 e. The van der Waals surface area contributed by atoms with Gasteiger partial charge in [-0.1, -0.05) is 11.6 Å². The molecular formula is C26H30ClF2N3O5. The Kier molecular flexibility index (Phi) is 6.16. The number of hydrogen-bond acceptors (Lipinski definition) is 6. The van der Waals surface area contributed by atoms with Crippen LogP contribution in [0.1, 0.15) is 63.4 Å². The monoisotopic (exact) mass is 537 g/mol. The second-order valence-electron chi connectivity index (χ2n) is 11.2. The van der Waals surface area contributed by atoms with Crippen LogP contribution >= 0.6 is 11.6 Å². The van der Waals surface area contributed by atoms with Crippen molar-refractivity contribution < 1.29 is 27.8 Å². The maximum atomic E-state index is 15.6. The average molecular weight is 538 g/mol. The smallest absolute Gasteiger partial charge is 0.407 e. The zero-order chi connectivity index (χ0) is 26.9. The maximum Gasteiger partial charge on any atom is 0.407 e. The van der Waals surface area contributed by atoms with E-state index in [9.17, 15) is 18.8 Å². The molecule has 1 amide bonds. The molecule has 3 atom stereocenters. The lowest BCUT2D eigenvalue weighted by molar-refractivity contribution is 0.0490. The molecule has 0 unspecified atom stereocenters. The number of carbonyl (C=O) groups excluding carboxylic acids is 2. The molecular weight excluding hydrogens is 508 g/mol. The number of rotatable bonds is 5. The largest absolute Gasteiger partial charge is 0.462 e. The first-order valence-corrected chi connectivity index (χ1v) is 12.9. The van der Waals surface area contributed by atoms with Gasteiger partial charge in [0.2, 0.25) is 5.43 Å². The van der Waals surface area contributed by atoms with Crippen molar-refractivity contribution in [3.63, 3.8) is 0 Å². The van der Waals surface area contributed by atoms with Gasteiger partial charge in [-0.3, -0.25) is 4.79 Å². The molecule has 3 aliphatic rings. The summed E-state index contributed by atoms with van der Waals surface area (Å²) in [4.78, 5) is 39.8. The second kappa shape index (κ2) is 8.85. The number of nitrogens with zero attached hydrogens (tertiary/aromatic N) is 2. The Labute approximate surface area is 217 Å². The van der Waals surface area contributed by atoms with Crippen LogP contribution in [-0.2, 0) is 9.47 Å². The highest BCUT2D eigenvalue weighted by atomic mass is 35.5. The molecule has 2 aliphatic carbocycles. The summed E-state index contributed by atoms with van der Waals surface area (Å²) in [6.07, 6.45) is 1.46. The quantitative estimate of drug-likeness (QED) is 0.554. The third-order valence-corrected chi connectivity index (χ3v) is 7.62. The number of carbonyl (C=O) groups is 2. The number of alkyl carbamates (subject to hydrolysis) is 1. The number of fused-ring (bicyclic) bond motifs is 1. The van der Waals surface area contributed by atoms with Crippen LogP contribution < -0.4 is 15.6 Å². The molecule has 2 saturated carbocycles. The van der Waals surface area contributed by atoms with Gasteiger partial charge in [0, 0.05) is 31.1 Å². The van der Waals surface area contributed by atoms with Gasteiger partial charge in [0.15, 0.2) is 0 Å². The van der Waals surface area contributed by atoms with E-state index in [0.717, 1.165) is 18.9 Å². The lowest BCUT2D eigenvalue weighted by Crippen LogP contribution is -2.44. The number of alkyl halides is 1. The zero-order valence-corrected chi connectivity index (χ0v) is 22.0. The van der Waals surface area contributed by atoms with Crippen molar-refractivity contribution in [3.05, 3.63) is 38.9 Å². The van der Waals surface area contributed by atoms with Crippen LogP contribution in [0.4, 0.5) is 19.3 Å². The SMILES string of the molecule is CCOC(=O)c1cn([C@@H]2C[C@@H]2F)c2c(Cl)c(N3C[C@@H](NC(=O)OC(C)(C)C)C4(CC4)C3)c(F)cc2c1=O. The fourth-order valence-electron chi connectivity index (χ4n) is 5.23. The predicted octanol–water partition coefficient (Wildman–Crippen LogP) is 4.75. The Morgan fingerprint density at radius 3 is 2.54 bits per heavy atom. The standard InChI is InChI=1S/C26H30ClF2N3O5/c1-5-36-23(34)14-10-32(17-9-15(17)28)20-13(22(14)33)8-16(29)21(19(20)27)31-11-18(26(12-31)6-7-26)30-24(35)37-25(2,3)4/h8,10,15,17-18H,5-7,9,11-12H2,1-4H3,(H,30,35)/t15-,17+,18+/m0/s1. The molecule has 11 heteroatoms. The number of halogens is 3.